The summed E-state index contributed by atoms with van der Waals surface area (Å²) in [7, 11) is 1.38. The van der Waals surface area contributed by atoms with Crippen molar-refractivity contribution >= 4 is 5.91 Å². The molecule has 0 aromatic heterocycles. The molecular formula is C14H17F3N2O. The van der Waals surface area contributed by atoms with Crippen LogP contribution in [0.2, 0.25) is 0 Å². The summed E-state index contributed by atoms with van der Waals surface area (Å²) in [5.74, 6) is -0.618. The third-order valence-corrected chi connectivity index (χ3v) is 2.84. The Morgan fingerprint density at radius 1 is 1.40 bits per heavy atom. The van der Waals surface area contributed by atoms with Gasteiger partial charge in [0.05, 0.1) is 0 Å². The van der Waals surface area contributed by atoms with E-state index in [9.17, 15) is 18.0 Å². The highest BCUT2D eigenvalue weighted by Gasteiger charge is 2.42. The molecule has 1 rings (SSSR count). The van der Waals surface area contributed by atoms with Crippen molar-refractivity contribution in [1.82, 2.24) is 10.2 Å². The maximum absolute atomic E-state index is 13.0. The number of nitrogens with one attached hydrogen (secondary N) is 1. The van der Waals surface area contributed by atoms with E-state index < -0.39 is 24.7 Å². The molecule has 1 amide bonds. The van der Waals surface area contributed by atoms with Crippen molar-refractivity contribution in [2.75, 3.05) is 13.6 Å². The van der Waals surface area contributed by atoms with Crippen LogP contribution in [-0.4, -0.2) is 36.6 Å². The van der Waals surface area contributed by atoms with E-state index in [1.807, 2.05) is 0 Å². The lowest BCUT2D eigenvalue weighted by molar-refractivity contribution is -0.180. The van der Waals surface area contributed by atoms with Crippen molar-refractivity contribution in [3.8, 4) is 0 Å². The Morgan fingerprint density at radius 2 is 2.00 bits per heavy atom. The van der Waals surface area contributed by atoms with E-state index in [1.165, 1.54) is 11.9 Å². The first kappa shape index (κ1) is 16.2. The zero-order valence-corrected chi connectivity index (χ0v) is 11.2. The van der Waals surface area contributed by atoms with Crippen LogP contribution in [0, 0.1) is 0 Å². The highest BCUT2D eigenvalue weighted by Crippen LogP contribution is 2.24. The summed E-state index contributed by atoms with van der Waals surface area (Å²) in [6, 6.07) is 7.11. The summed E-state index contributed by atoms with van der Waals surface area (Å²) in [5, 5.41) is 2.19. The van der Waals surface area contributed by atoms with Crippen molar-refractivity contribution in [2.45, 2.75) is 18.8 Å². The summed E-state index contributed by atoms with van der Waals surface area (Å²) >= 11 is 0. The molecule has 0 aliphatic heterocycles. The highest BCUT2D eigenvalue weighted by molar-refractivity contribution is 5.86. The fourth-order valence-corrected chi connectivity index (χ4v) is 1.77. The Hall–Kier alpha value is -1.82. The Labute approximate surface area is 116 Å². The average Bonchev–Trinajstić information content (AvgIpc) is 2.38. The van der Waals surface area contributed by atoms with Gasteiger partial charge in [-0.1, -0.05) is 36.9 Å². The molecule has 3 nitrogen and oxygen atoms in total. The van der Waals surface area contributed by atoms with Gasteiger partial charge in [-0.3, -0.25) is 9.69 Å². The van der Waals surface area contributed by atoms with Gasteiger partial charge in [0.25, 0.3) is 0 Å². The van der Waals surface area contributed by atoms with Crippen LogP contribution < -0.4 is 5.32 Å². The summed E-state index contributed by atoms with van der Waals surface area (Å²) in [4.78, 5) is 12.2. The summed E-state index contributed by atoms with van der Waals surface area (Å²) < 4.78 is 39.0. The van der Waals surface area contributed by atoms with Gasteiger partial charge in [0.2, 0.25) is 5.91 Å². The number of carbonyl (C=O) groups is 1. The topological polar surface area (TPSA) is 32.3 Å². The maximum atomic E-state index is 13.0. The normalized spacial score (nSPS) is 13.1. The highest BCUT2D eigenvalue weighted by atomic mass is 19.4. The van der Waals surface area contributed by atoms with Gasteiger partial charge in [-0.05, 0) is 18.7 Å². The second-order valence-corrected chi connectivity index (χ2v) is 4.41. The first-order valence-electron chi connectivity index (χ1n) is 6.05. The van der Waals surface area contributed by atoms with E-state index in [1.54, 1.807) is 30.3 Å². The lowest BCUT2D eigenvalue weighted by Crippen LogP contribution is -2.50. The first-order chi connectivity index (χ1) is 9.34. The standard InChI is InChI=1S/C14H17F3N2O/c1-3-13(20)18-9-12(14(15,16)17)19(2)10-11-7-5-4-6-8-11/h3-8,12H,1,9-10H2,2H3,(H,18,20). The lowest BCUT2D eigenvalue weighted by Gasteiger charge is -2.30. The van der Waals surface area contributed by atoms with Crippen LogP contribution in [0.4, 0.5) is 13.2 Å². The number of hydrogen-bond donors (Lipinski definition) is 1. The Kier molecular flexibility index (Phi) is 5.76. The molecule has 0 fully saturated rings. The monoisotopic (exact) mass is 286 g/mol. The van der Waals surface area contributed by atoms with Crippen LogP contribution in [0.25, 0.3) is 0 Å². The van der Waals surface area contributed by atoms with Gasteiger partial charge in [-0.15, -0.1) is 0 Å². The van der Waals surface area contributed by atoms with Gasteiger partial charge in [0, 0.05) is 13.1 Å². The predicted molar refractivity (Wildman–Crippen MR) is 71.0 cm³/mol. The van der Waals surface area contributed by atoms with Gasteiger partial charge in [0.1, 0.15) is 6.04 Å². The van der Waals surface area contributed by atoms with Crippen LogP contribution in [0.5, 0.6) is 0 Å². The molecule has 6 heteroatoms. The molecule has 20 heavy (non-hydrogen) atoms. The third kappa shape index (κ3) is 5.05. The fourth-order valence-electron chi connectivity index (χ4n) is 1.77. The molecule has 0 heterocycles. The Morgan fingerprint density at radius 3 is 2.50 bits per heavy atom. The number of nitrogens with zero attached hydrogens (tertiary/aromatic N) is 1. The molecule has 0 spiro atoms. The minimum absolute atomic E-state index is 0.148. The summed E-state index contributed by atoms with van der Waals surface area (Å²) in [6.45, 7) is 2.85. The molecule has 1 atom stereocenters. The number of rotatable bonds is 6. The zero-order chi connectivity index (χ0) is 15.2. The third-order valence-electron chi connectivity index (χ3n) is 2.84. The van der Waals surface area contributed by atoms with E-state index in [0.717, 1.165) is 11.6 Å². The van der Waals surface area contributed by atoms with Gasteiger partial charge < -0.3 is 5.32 Å². The van der Waals surface area contributed by atoms with Crippen LogP contribution in [0.15, 0.2) is 43.0 Å². The van der Waals surface area contributed by atoms with Gasteiger partial charge in [-0.2, -0.15) is 13.2 Å². The minimum Gasteiger partial charge on any atom is -0.351 e. The molecule has 0 saturated carbocycles. The number of carbonyl (C=O) groups excluding carboxylic acids is 1. The smallest absolute Gasteiger partial charge is 0.351 e. The van der Waals surface area contributed by atoms with E-state index >= 15 is 0 Å². The molecule has 110 valence electrons. The second-order valence-electron chi connectivity index (χ2n) is 4.41. The lowest BCUT2D eigenvalue weighted by atomic mass is 10.1. The molecule has 1 N–H and O–H groups in total. The molecule has 0 bridgehead atoms. The number of halogens is 3. The minimum atomic E-state index is -4.42. The van der Waals surface area contributed by atoms with Crippen molar-refractivity contribution in [1.29, 1.82) is 0 Å². The largest absolute Gasteiger partial charge is 0.405 e. The van der Waals surface area contributed by atoms with Gasteiger partial charge >= 0.3 is 6.18 Å². The van der Waals surface area contributed by atoms with Crippen molar-refractivity contribution in [3.05, 3.63) is 48.6 Å². The molecule has 1 unspecified atom stereocenters. The van der Waals surface area contributed by atoms with E-state index in [0.29, 0.717) is 0 Å². The molecule has 1 aromatic carbocycles. The number of amides is 1. The molecule has 0 aliphatic rings. The summed E-state index contributed by atoms with van der Waals surface area (Å²) in [5.41, 5.74) is 0.777. The molecule has 0 aliphatic carbocycles. The molecule has 0 saturated heterocycles. The summed E-state index contributed by atoms with van der Waals surface area (Å²) in [6.07, 6.45) is -3.47. The molecule has 1 aromatic rings. The zero-order valence-electron chi connectivity index (χ0n) is 11.2. The molecular weight excluding hydrogens is 269 g/mol. The van der Waals surface area contributed by atoms with Crippen molar-refractivity contribution in [3.63, 3.8) is 0 Å². The van der Waals surface area contributed by atoms with Crippen LogP contribution in [-0.2, 0) is 11.3 Å². The number of likely N-dealkylation sites (N-methyl/N-ethyl adjacent to an activating group) is 1. The molecule has 0 radical (unpaired) electrons. The number of alkyl halides is 3. The Bertz CT molecular complexity index is 445. The van der Waals surface area contributed by atoms with Crippen LogP contribution in [0.3, 0.4) is 0 Å². The predicted octanol–water partition coefficient (Wildman–Crippen LogP) is 2.35. The number of hydrogen-bond acceptors (Lipinski definition) is 2. The van der Waals surface area contributed by atoms with Crippen molar-refractivity contribution in [2.24, 2.45) is 0 Å². The maximum Gasteiger partial charge on any atom is 0.405 e. The average molecular weight is 286 g/mol. The first-order valence-corrected chi connectivity index (χ1v) is 6.05. The van der Waals surface area contributed by atoms with E-state index in [4.69, 9.17) is 0 Å². The van der Waals surface area contributed by atoms with E-state index in [-0.39, 0.29) is 6.54 Å². The van der Waals surface area contributed by atoms with Crippen LogP contribution in [0.1, 0.15) is 5.56 Å². The fraction of sp³-hybridized carbons (Fsp3) is 0.357. The van der Waals surface area contributed by atoms with Gasteiger partial charge in [0.15, 0.2) is 0 Å². The number of benzene rings is 1. The SMILES string of the molecule is C=CC(=O)NCC(N(C)Cc1ccccc1)C(F)(F)F. The van der Waals surface area contributed by atoms with Crippen LogP contribution >= 0.6 is 0 Å². The van der Waals surface area contributed by atoms with Crippen molar-refractivity contribution < 1.29 is 18.0 Å². The van der Waals surface area contributed by atoms with Gasteiger partial charge in [-0.25, -0.2) is 0 Å². The second kappa shape index (κ2) is 7.09. The van der Waals surface area contributed by atoms with E-state index in [2.05, 4.69) is 11.9 Å². The quantitative estimate of drug-likeness (QED) is 0.814. The Balaban J connectivity index is 2.72.